The third-order valence-electron chi connectivity index (χ3n) is 5.57. The Balaban J connectivity index is 1.74. The minimum atomic E-state index is -0.686. The lowest BCUT2D eigenvalue weighted by atomic mass is 10.1. The monoisotopic (exact) mass is 571 g/mol. The summed E-state index contributed by atoms with van der Waals surface area (Å²) in [5.74, 6) is -0.432. The van der Waals surface area contributed by atoms with Gasteiger partial charge in [-0.25, -0.2) is 4.79 Å². The van der Waals surface area contributed by atoms with Gasteiger partial charge in [-0.3, -0.25) is 14.2 Å². The number of allylic oxidation sites excluding steroid dienone is 1. The van der Waals surface area contributed by atoms with Gasteiger partial charge in [0.25, 0.3) is 5.91 Å². The smallest absolute Gasteiger partial charge is 0.341 e. The highest BCUT2D eigenvalue weighted by Crippen LogP contribution is 2.34. The second-order valence-electron chi connectivity index (χ2n) is 8.91. The van der Waals surface area contributed by atoms with Gasteiger partial charge < -0.3 is 20.5 Å². The number of primary amides is 1. The van der Waals surface area contributed by atoms with Crippen molar-refractivity contribution in [2.45, 2.75) is 64.9 Å². The highest BCUT2D eigenvalue weighted by molar-refractivity contribution is 7.99. The minimum absolute atomic E-state index is 0.0233. The molecule has 0 aliphatic rings. The van der Waals surface area contributed by atoms with Gasteiger partial charge in [-0.05, 0) is 57.4 Å². The number of ether oxygens (including phenoxy) is 2. The van der Waals surface area contributed by atoms with Crippen LogP contribution in [0.3, 0.4) is 0 Å². The number of thioether (sulfide) groups is 1. The van der Waals surface area contributed by atoms with Crippen molar-refractivity contribution >= 4 is 45.9 Å². The standard InChI is InChI=1S/C27H33N5O5S2/c1-7-13-32-24(17(6)37-19-11-9-18(8-2)10-12-19)30-31-27(32)38-14-20(33)29-25-21(26(35)36-15(3)4)16(5)22(39-25)23(28)34/h7,9-12,15,17H,1,8,13-14H2,2-6H3,(H2,28,34)(H,29,33). The summed E-state index contributed by atoms with van der Waals surface area (Å²) >= 11 is 2.12. The number of carbonyl (C=O) groups excluding carboxylic acids is 3. The quantitative estimate of drug-likeness (QED) is 0.167. The molecular weight excluding hydrogens is 538 g/mol. The first kappa shape index (κ1) is 29.9. The van der Waals surface area contributed by atoms with Crippen molar-refractivity contribution in [2.75, 3.05) is 11.1 Å². The molecule has 0 saturated carbocycles. The van der Waals surface area contributed by atoms with Crippen LogP contribution in [0.15, 0.2) is 42.1 Å². The predicted octanol–water partition coefficient (Wildman–Crippen LogP) is 4.93. The van der Waals surface area contributed by atoms with E-state index in [0.29, 0.717) is 23.1 Å². The number of nitrogens with zero attached hydrogens (tertiary/aromatic N) is 3. The number of nitrogens with one attached hydrogen (secondary N) is 1. The molecule has 2 amide bonds. The Bertz CT molecular complexity index is 1350. The molecule has 1 unspecified atom stereocenters. The van der Waals surface area contributed by atoms with E-state index < -0.39 is 23.9 Å². The molecule has 0 radical (unpaired) electrons. The Kier molecular flexibility index (Phi) is 10.3. The van der Waals surface area contributed by atoms with Gasteiger partial charge in [-0.15, -0.1) is 28.1 Å². The van der Waals surface area contributed by atoms with Crippen molar-refractivity contribution in [3.63, 3.8) is 0 Å². The topological polar surface area (TPSA) is 138 Å². The maximum absolute atomic E-state index is 12.9. The van der Waals surface area contributed by atoms with E-state index in [-0.39, 0.29) is 27.3 Å². The normalized spacial score (nSPS) is 11.7. The van der Waals surface area contributed by atoms with Crippen molar-refractivity contribution < 1.29 is 23.9 Å². The lowest BCUT2D eigenvalue weighted by molar-refractivity contribution is -0.113. The molecule has 10 nitrogen and oxygen atoms in total. The number of hydrogen-bond acceptors (Lipinski definition) is 9. The fourth-order valence-electron chi connectivity index (χ4n) is 3.72. The number of hydrogen-bond donors (Lipinski definition) is 2. The van der Waals surface area contributed by atoms with Crippen molar-refractivity contribution in [2.24, 2.45) is 5.73 Å². The van der Waals surface area contributed by atoms with Gasteiger partial charge in [0.15, 0.2) is 17.1 Å². The molecule has 12 heteroatoms. The molecule has 0 spiro atoms. The Morgan fingerprint density at radius 2 is 1.90 bits per heavy atom. The Hall–Kier alpha value is -3.64. The number of amides is 2. The number of benzene rings is 1. The van der Waals surface area contributed by atoms with Crippen LogP contribution in [-0.2, 0) is 22.5 Å². The van der Waals surface area contributed by atoms with Crippen LogP contribution in [0.25, 0.3) is 0 Å². The number of esters is 1. The number of aryl methyl sites for hydroxylation is 1. The molecule has 0 aliphatic carbocycles. The van der Waals surface area contributed by atoms with E-state index in [2.05, 4.69) is 29.0 Å². The molecule has 39 heavy (non-hydrogen) atoms. The predicted molar refractivity (Wildman–Crippen MR) is 153 cm³/mol. The fourth-order valence-corrected chi connectivity index (χ4v) is 5.54. The van der Waals surface area contributed by atoms with Crippen molar-refractivity contribution in [1.29, 1.82) is 0 Å². The third-order valence-corrected chi connectivity index (χ3v) is 7.76. The van der Waals surface area contributed by atoms with Crippen molar-refractivity contribution in [3.8, 4) is 5.75 Å². The van der Waals surface area contributed by atoms with Gasteiger partial charge >= 0.3 is 5.97 Å². The van der Waals surface area contributed by atoms with Gasteiger partial charge in [-0.2, -0.15) is 0 Å². The summed E-state index contributed by atoms with van der Waals surface area (Å²) in [5, 5.41) is 12.0. The highest BCUT2D eigenvalue weighted by atomic mass is 32.2. The summed E-state index contributed by atoms with van der Waals surface area (Å²) in [7, 11) is 0. The van der Waals surface area contributed by atoms with Crippen LogP contribution in [0.4, 0.5) is 5.00 Å². The van der Waals surface area contributed by atoms with Crippen LogP contribution in [0.5, 0.6) is 5.75 Å². The van der Waals surface area contributed by atoms with Crippen LogP contribution in [0, 0.1) is 6.92 Å². The first-order valence-corrected chi connectivity index (χ1v) is 14.2. The molecule has 0 saturated heterocycles. The van der Waals surface area contributed by atoms with Crippen LogP contribution in [0.1, 0.15) is 70.8 Å². The molecule has 0 aliphatic heterocycles. The summed E-state index contributed by atoms with van der Waals surface area (Å²) in [4.78, 5) is 37.6. The van der Waals surface area contributed by atoms with E-state index in [4.69, 9.17) is 15.2 Å². The van der Waals surface area contributed by atoms with E-state index in [1.54, 1.807) is 26.8 Å². The molecule has 0 bridgehead atoms. The van der Waals surface area contributed by atoms with E-state index in [9.17, 15) is 14.4 Å². The second-order valence-corrected chi connectivity index (χ2v) is 10.9. The Morgan fingerprint density at radius 3 is 2.49 bits per heavy atom. The van der Waals surface area contributed by atoms with Gasteiger partial charge in [-0.1, -0.05) is 36.9 Å². The van der Waals surface area contributed by atoms with Gasteiger partial charge in [0.2, 0.25) is 5.91 Å². The first-order chi connectivity index (χ1) is 18.5. The van der Waals surface area contributed by atoms with E-state index in [0.717, 1.165) is 23.5 Å². The van der Waals surface area contributed by atoms with Crippen molar-refractivity contribution in [3.05, 3.63) is 64.3 Å². The zero-order valence-electron chi connectivity index (χ0n) is 22.6. The maximum atomic E-state index is 12.9. The minimum Gasteiger partial charge on any atom is -0.483 e. The van der Waals surface area contributed by atoms with Crippen LogP contribution < -0.4 is 15.8 Å². The summed E-state index contributed by atoms with van der Waals surface area (Å²) in [6, 6.07) is 7.88. The zero-order valence-corrected chi connectivity index (χ0v) is 24.3. The third kappa shape index (κ3) is 7.48. The molecule has 2 aromatic heterocycles. The average molecular weight is 572 g/mol. The molecular formula is C27H33N5O5S2. The SMILES string of the molecule is C=CCn1c(SCC(=O)Nc2sc(C(N)=O)c(C)c2C(=O)OC(C)C)nnc1C(C)Oc1ccc(CC)cc1. The van der Waals surface area contributed by atoms with E-state index in [1.165, 1.54) is 17.3 Å². The molecule has 3 N–H and O–H groups in total. The fraction of sp³-hybridized carbons (Fsp3) is 0.370. The Morgan fingerprint density at radius 1 is 1.21 bits per heavy atom. The number of anilines is 1. The van der Waals surface area contributed by atoms with Gasteiger partial charge in [0.1, 0.15) is 10.8 Å². The molecule has 208 valence electrons. The number of aromatic nitrogens is 3. The average Bonchev–Trinajstić information content (AvgIpc) is 3.43. The van der Waals surface area contributed by atoms with E-state index >= 15 is 0 Å². The lowest BCUT2D eigenvalue weighted by Gasteiger charge is -2.16. The first-order valence-electron chi connectivity index (χ1n) is 12.4. The Labute approximate surface area is 236 Å². The molecule has 0 fully saturated rings. The molecule has 1 atom stereocenters. The van der Waals surface area contributed by atoms with Gasteiger partial charge in [0, 0.05) is 6.54 Å². The maximum Gasteiger partial charge on any atom is 0.341 e. The second kappa shape index (κ2) is 13.4. The van der Waals surface area contributed by atoms with Crippen molar-refractivity contribution in [1.82, 2.24) is 14.8 Å². The number of carbonyl (C=O) groups is 3. The lowest BCUT2D eigenvalue weighted by Crippen LogP contribution is -2.18. The van der Waals surface area contributed by atoms with Gasteiger partial charge in [0.05, 0.1) is 22.3 Å². The van der Waals surface area contributed by atoms with E-state index in [1.807, 2.05) is 35.8 Å². The summed E-state index contributed by atoms with van der Waals surface area (Å²) in [6.07, 6.45) is 1.88. The number of rotatable bonds is 13. The zero-order chi connectivity index (χ0) is 28.7. The molecule has 3 aromatic rings. The highest BCUT2D eigenvalue weighted by Gasteiger charge is 2.27. The molecule has 2 heterocycles. The summed E-state index contributed by atoms with van der Waals surface area (Å²) in [5.41, 5.74) is 7.17. The van der Waals surface area contributed by atoms with Crippen LogP contribution >= 0.6 is 23.1 Å². The number of thiophene rings is 1. The summed E-state index contributed by atoms with van der Waals surface area (Å²) < 4.78 is 13.2. The summed E-state index contributed by atoms with van der Waals surface area (Å²) in [6.45, 7) is 13.2. The molecule has 3 rings (SSSR count). The molecule has 1 aromatic carbocycles. The largest absolute Gasteiger partial charge is 0.483 e. The van der Waals surface area contributed by atoms with Crippen LogP contribution in [0.2, 0.25) is 0 Å². The van der Waals surface area contributed by atoms with Crippen LogP contribution in [-0.4, -0.2) is 44.4 Å². The number of nitrogens with two attached hydrogens (primary N) is 1.